The number of hydrogen-bond acceptors (Lipinski definition) is 4. The summed E-state index contributed by atoms with van der Waals surface area (Å²) in [5.41, 5.74) is 8.11. The van der Waals surface area contributed by atoms with Crippen molar-refractivity contribution in [1.82, 2.24) is 9.80 Å². The Morgan fingerprint density at radius 1 is 1.05 bits per heavy atom. The topological polar surface area (TPSA) is 35.7 Å². The van der Waals surface area contributed by atoms with E-state index >= 15 is 0 Å². The number of nitrogen functional groups attached to an aromatic ring is 1. The maximum absolute atomic E-state index is 5.91. The van der Waals surface area contributed by atoms with Gasteiger partial charge in [0.15, 0.2) is 0 Å². The molecule has 0 radical (unpaired) electrons. The molecular formula is C16H25IN4. The number of hydrogen-bond donors (Lipinski definition) is 1. The lowest BCUT2D eigenvalue weighted by Gasteiger charge is -2.42. The molecule has 0 spiro atoms. The Labute approximate surface area is 141 Å². The minimum atomic E-state index is 0.801. The molecule has 116 valence electrons. The first-order chi connectivity index (χ1) is 10.1. The first kappa shape index (κ1) is 15.4. The highest BCUT2D eigenvalue weighted by Crippen LogP contribution is 2.25. The third kappa shape index (κ3) is 3.63. The van der Waals surface area contributed by atoms with Crippen molar-refractivity contribution in [3.05, 3.63) is 21.8 Å². The summed E-state index contributed by atoms with van der Waals surface area (Å²) in [6.07, 6.45) is 2.66. The van der Waals surface area contributed by atoms with Gasteiger partial charge in [-0.15, -0.1) is 0 Å². The molecule has 0 amide bonds. The van der Waals surface area contributed by atoms with Crippen LogP contribution in [0.1, 0.15) is 12.8 Å². The Kier molecular flexibility index (Phi) is 4.91. The molecule has 0 aliphatic carbocycles. The maximum atomic E-state index is 5.91. The zero-order chi connectivity index (χ0) is 14.8. The third-order valence-corrected chi connectivity index (χ3v) is 5.80. The Balaban J connectivity index is 1.56. The smallest absolute Gasteiger partial charge is 0.0451 e. The lowest BCUT2D eigenvalue weighted by atomic mass is 10.0. The average Bonchev–Trinajstić information content (AvgIpc) is 2.51. The zero-order valence-electron chi connectivity index (χ0n) is 12.8. The lowest BCUT2D eigenvalue weighted by molar-refractivity contribution is 0.115. The molecule has 2 aliphatic heterocycles. The van der Waals surface area contributed by atoms with Crippen molar-refractivity contribution in [2.24, 2.45) is 0 Å². The summed E-state index contributed by atoms with van der Waals surface area (Å²) < 4.78 is 1.16. The van der Waals surface area contributed by atoms with E-state index in [9.17, 15) is 0 Å². The Morgan fingerprint density at radius 2 is 1.71 bits per heavy atom. The van der Waals surface area contributed by atoms with Gasteiger partial charge in [0, 0.05) is 47.2 Å². The number of nitrogens with zero attached hydrogens (tertiary/aromatic N) is 3. The largest absolute Gasteiger partial charge is 0.398 e. The highest BCUT2D eigenvalue weighted by atomic mass is 127. The fourth-order valence-electron chi connectivity index (χ4n) is 3.42. The molecular weight excluding hydrogens is 375 g/mol. The van der Waals surface area contributed by atoms with Gasteiger partial charge >= 0.3 is 0 Å². The molecule has 21 heavy (non-hydrogen) atoms. The van der Waals surface area contributed by atoms with Crippen molar-refractivity contribution in [3.63, 3.8) is 0 Å². The highest BCUT2D eigenvalue weighted by Gasteiger charge is 2.26. The van der Waals surface area contributed by atoms with E-state index in [2.05, 4.69) is 56.5 Å². The van der Waals surface area contributed by atoms with Crippen molar-refractivity contribution in [3.8, 4) is 0 Å². The summed E-state index contributed by atoms with van der Waals surface area (Å²) in [6, 6.07) is 7.19. The van der Waals surface area contributed by atoms with Crippen LogP contribution in [0.2, 0.25) is 0 Å². The normalized spacial score (nSPS) is 22.7. The molecule has 2 fully saturated rings. The fraction of sp³-hybridized carbons (Fsp3) is 0.625. The molecule has 0 aromatic heterocycles. The van der Waals surface area contributed by atoms with Gasteiger partial charge in [-0.25, -0.2) is 0 Å². The van der Waals surface area contributed by atoms with Gasteiger partial charge in [-0.3, -0.25) is 4.90 Å². The third-order valence-electron chi connectivity index (χ3n) is 4.87. The molecule has 1 aromatic rings. The highest BCUT2D eigenvalue weighted by molar-refractivity contribution is 14.1. The van der Waals surface area contributed by atoms with Gasteiger partial charge in [-0.1, -0.05) is 0 Å². The maximum Gasteiger partial charge on any atom is 0.0451 e. The van der Waals surface area contributed by atoms with Crippen LogP contribution in [0.3, 0.4) is 0 Å². The number of halogens is 1. The molecule has 2 N–H and O–H groups in total. The second-order valence-electron chi connectivity index (χ2n) is 6.26. The van der Waals surface area contributed by atoms with Crippen LogP contribution in [-0.4, -0.2) is 62.2 Å². The quantitative estimate of drug-likeness (QED) is 0.609. The molecule has 0 bridgehead atoms. The zero-order valence-corrected chi connectivity index (χ0v) is 14.9. The number of nitrogens with two attached hydrogens (primary N) is 1. The van der Waals surface area contributed by atoms with Crippen molar-refractivity contribution >= 4 is 34.0 Å². The van der Waals surface area contributed by atoms with E-state index in [1.807, 2.05) is 6.07 Å². The molecule has 4 nitrogen and oxygen atoms in total. The van der Waals surface area contributed by atoms with E-state index in [0.29, 0.717) is 0 Å². The SMILES string of the molecule is CN1CCC(N2CCN(c3ccc(N)c(I)c3)CC2)CC1. The van der Waals surface area contributed by atoms with Crippen molar-refractivity contribution in [2.45, 2.75) is 18.9 Å². The predicted molar refractivity (Wildman–Crippen MR) is 97.9 cm³/mol. The van der Waals surface area contributed by atoms with Crippen LogP contribution in [0.5, 0.6) is 0 Å². The van der Waals surface area contributed by atoms with E-state index in [1.54, 1.807) is 0 Å². The summed E-state index contributed by atoms with van der Waals surface area (Å²) in [5, 5.41) is 0. The second kappa shape index (κ2) is 6.71. The lowest BCUT2D eigenvalue weighted by Crippen LogP contribution is -2.53. The van der Waals surface area contributed by atoms with Gasteiger partial charge in [0.25, 0.3) is 0 Å². The molecule has 0 atom stereocenters. The molecule has 3 rings (SSSR count). The van der Waals surface area contributed by atoms with E-state index in [1.165, 1.54) is 44.7 Å². The van der Waals surface area contributed by atoms with Crippen LogP contribution in [0.4, 0.5) is 11.4 Å². The minimum absolute atomic E-state index is 0.801. The number of benzene rings is 1. The molecule has 2 heterocycles. The van der Waals surface area contributed by atoms with Crippen LogP contribution in [0.15, 0.2) is 18.2 Å². The Hall–Kier alpha value is -0.530. The molecule has 2 saturated heterocycles. The van der Waals surface area contributed by atoms with E-state index in [4.69, 9.17) is 5.73 Å². The monoisotopic (exact) mass is 400 g/mol. The number of piperazine rings is 1. The van der Waals surface area contributed by atoms with Gasteiger partial charge in [0.2, 0.25) is 0 Å². The summed E-state index contributed by atoms with van der Waals surface area (Å²) in [5.74, 6) is 0. The average molecular weight is 400 g/mol. The molecule has 0 saturated carbocycles. The number of anilines is 2. The summed E-state index contributed by atoms with van der Waals surface area (Å²) in [7, 11) is 2.23. The van der Waals surface area contributed by atoms with Gasteiger partial charge in [0.05, 0.1) is 0 Å². The fourth-order valence-corrected chi connectivity index (χ4v) is 3.92. The molecule has 2 aliphatic rings. The first-order valence-electron chi connectivity index (χ1n) is 7.86. The molecule has 1 aromatic carbocycles. The summed E-state index contributed by atoms with van der Waals surface area (Å²) in [4.78, 5) is 7.64. The van der Waals surface area contributed by atoms with Crippen molar-refractivity contribution in [1.29, 1.82) is 0 Å². The van der Waals surface area contributed by atoms with E-state index in [-0.39, 0.29) is 0 Å². The standard InChI is InChI=1S/C16H25IN4/c1-19-6-4-13(5-7-19)20-8-10-21(11-9-20)14-2-3-16(18)15(17)12-14/h2-3,12-13H,4-11,18H2,1H3. The van der Waals surface area contributed by atoms with Crippen LogP contribution < -0.4 is 10.6 Å². The molecule has 5 heteroatoms. The van der Waals surface area contributed by atoms with Crippen LogP contribution >= 0.6 is 22.6 Å². The van der Waals surface area contributed by atoms with Crippen LogP contribution in [0.25, 0.3) is 0 Å². The molecule has 0 unspecified atom stereocenters. The van der Waals surface area contributed by atoms with Crippen LogP contribution in [0, 0.1) is 3.57 Å². The van der Waals surface area contributed by atoms with Gasteiger partial charge in [-0.05, 0) is 73.8 Å². The predicted octanol–water partition coefficient (Wildman–Crippen LogP) is 2.09. The minimum Gasteiger partial charge on any atom is -0.398 e. The van der Waals surface area contributed by atoms with Gasteiger partial charge in [0.1, 0.15) is 0 Å². The van der Waals surface area contributed by atoms with E-state index < -0.39 is 0 Å². The number of piperidine rings is 1. The Morgan fingerprint density at radius 3 is 2.33 bits per heavy atom. The van der Waals surface area contributed by atoms with Crippen molar-refractivity contribution < 1.29 is 0 Å². The second-order valence-corrected chi connectivity index (χ2v) is 7.43. The van der Waals surface area contributed by atoms with Gasteiger partial charge in [-0.2, -0.15) is 0 Å². The summed E-state index contributed by atoms with van der Waals surface area (Å²) in [6.45, 7) is 7.14. The van der Waals surface area contributed by atoms with Crippen LogP contribution in [-0.2, 0) is 0 Å². The summed E-state index contributed by atoms with van der Waals surface area (Å²) >= 11 is 2.32. The van der Waals surface area contributed by atoms with Crippen molar-refractivity contribution in [2.75, 3.05) is 56.9 Å². The van der Waals surface area contributed by atoms with E-state index in [0.717, 1.165) is 28.4 Å². The first-order valence-corrected chi connectivity index (χ1v) is 8.94. The number of likely N-dealkylation sites (tertiary alicyclic amines) is 1. The number of rotatable bonds is 2. The van der Waals surface area contributed by atoms with Gasteiger partial charge < -0.3 is 15.5 Å². The Bertz CT molecular complexity index is 477.